The zero-order chi connectivity index (χ0) is 15.6. The molecule has 2 aromatic carbocycles. The molecular formula is C20H26IO+. The maximum absolute atomic E-state index is 5.83. The molecule has 0 fully saturated rings. The Labute approximate surface area is 148 Å². The SMILES string of the molecule is CCCCCCCCOc1ccc(-c2ccccc2[IH+])cc1. The predicted octanol–water partition coefficient (Wildman–Crippen LogP) is 2.55. The molecule has 0 aliphatic heterocycles. The van der Waals surface area contributed by atoms with Crippen LogP contribution in [-0.2, 0) is 0 Å². The normalized spacial score (nSPS) is 10.6. The van der Waals surface area contributed by atoms with Gasteiger partial charge in [0.2, 0.25) is 0 Å². The first-order valence-electron chi connectivity index (χ1n) is 8.30. The van der Waals surface area contributed by atoms with Crippen molar-refractivity contribution in [2.24, 2.45) is 0 Å². The minimum Gasteiger partial charge on any atom is -0.494 e. The number of halogens is 1. The third-order valence-electron chi connectivity index (χ3n) is 3.82. The van der Waals surface area contributed by atoms with Crippen LogP contribution < -0.4 is 27.3 Å². The van der Waals surface area contributed by atoms with E-state index in [0.717, 1.165) is 18.8 Å². The Hall–Kier alpha value is -1.03. The molecular weight excluding hydrogens is 383 g/mol. The van der Waals surface area contributed by atoms with E-state index in [4.69, 9.17) is 4.74 Å². The van der Waals surface area contributed by atoms with E-state index >= 15 is 0 Å². The average Bonchev–Trinajstić information content (AvgIpc) is 2.55. The van der Waals surface area contributed by atoms with Crippen molar-refractivity contribution in [3.05, 3.63) is 52.1 Å². The summed E-state index contributed by atoms with van der Waals surface area (Å²) in [7, 11) is 0. The molecule has 0 saturated carbocycles. The van der Waals surface area contributed by atoms with Crippen LogP contribution in [0, 0.1) is 3.57 Å². The van der Waals surface area contributed by atoms with Gasteiger partial charge in [0.1, 0.15) is 5.75 Å². The van der Waals surface area contributed by atoms with Crippen molar-refractivity contribution in [3.8, 4) is 16.9 Å². The minimum absolute atomic E-state index is 0.830. The highest BCUT2D eigenvalue weighted by Gasteiger charge is 2.07. The van der Waals surface area contributed by atoms with Gasteiger partial charge < -0.3 is 4.74 Å². The van der Waals surface area contributed by atoms with Gasteiger partial charge in [-0.05, 0) is 36.2 Å². The second-order valence-corrected chi connectivity index (χ2v) is 6.89. The summed E-state index contributed by atoms with van der Waals surface area (Å²) < 4.78 is 7.15. The van der Waals surface area contributed by atoms with Crippen molar-refractivity contribution in [1.82, 2.24) is 0 Å². The lowest BCUT2D eigenvalue weighted by molar-refractivity contribution is -0.326. The van der Waals surface area contributed by atoms with E-state index in [1.54, 1.807) is 0 Å². The van der Waals surface area contributed by atoms with Crippen molar-refractivity contribution < 1.29 is 27.3 Å². The van der Waals surface area contributed by atoms with Crippen LogP contribution in [0.15, 0.2) is 48.5 Å². The van der Waals surface area contributed by atoms with Gasteiger partial charge in [-0.25, -0.2) is 0 Å². The van der Waals surface area contributed by atoms with Crippen LogP contribution in [0.3, 0.4) is 0 Å². The van der Waals surface area contributed by atoms with E-state index in [1.165, 1.54) is 46.8 Å². The number of ether oxygens (including phenoxy) is 1. The van der Waals surface area contributed by atoms with Gasteiger partial charge in [-0.3, -0.25) is 0 Å². The molecule has 0 amide bonds. The summed E-state index contributed by atoms with van der Waals surface area (Å²) in [4.78, 5) is 0. The van der Waals surface area contributed by atoms with E-state index in [1.807, 2.05) is 0 Å². The summed E-state index contributed by atoms with van der Waals surface area (Å²) in [5, 5.41) is 0. The van der Waals surface area contributed by atoms with Gasteiger partial charge in [-0.2, -0.15) is 0 Å². The fourth-order valence-electron chi connectivity index (χ4n) is 2.51. The third-order valence-corrected chi connectivity index (χ3v) is 4.84. The summed E-state index contributed by atoms with van der Waals surface area (Å²) >= 11 is 2.07. The minimum atomic E-state index is 0.830. The van der Waals surface area contributed by atoms with Crippen molar-refractivity contribution in [2.75, 3.05) is 6.61 Å². The molecule has 22 heavy (non-hydrogen) atoms. The van der Waals surface area contributed by atoms with Crippen molar-refractivity contribution in [2.45, 2.75) is 45.4 Å². The third kappa shape index (κ3) is 5.64. The molecule has 0 aliphatic rings. The van der Waals surface area contributed by atoms with Crippen LogP contribution >= 0.6 is 0 Å². The van der Waals surface area contributed by atoms with Gasteiger partial charge in [0, 0.05) is 5.56 Å². The first-order chi connectivity index (χ1) is 10.8. The van der Waals surface area contributed by atoms with Crippen LogP contribution in [0.2, 0.25) is 0 Å². The van der Waals surface area contributed by atoms with E-state index < -0.39 is 0 Å². The van der Waals surface area contributed by atoms with Crippen molar-refractivity contribution in [1.29, 1.82) is 0 Å². The van der Waals surface area contributed by atoms with Crippen LogP contribution in [-0.4, -0.2) is 6.61 Å². The lowest BCUT2D eigenvalue weighted by atomic mass is 10.1. The molecule has 0 saturated heterocycles. The Morgan fingerprint density at radius 3 is 2.23 bits per heavy atom. The Kier molecular flexibility index (Phi) is 7.78. The molecule has 0 aliphatic carbocycles. The Balaban J connectivity index is 1.77. The molecule has 0 heterocycles. The van der Waals surface area contributed by atoms with E-state index in [9.17, 15) is 0 Å². The van der Waals surface area contributed by atoms with Crippen LogP contribution in [0.1, 0.15) is 45.4 Å². The second-order valence-electron chi connectivity index (χ2n) is 5.64. The number of unbranched alkanes of at least 4 members (excludes halogenated alkanes) is 5. The standard InChI is InChI=1S/C20H26IO/c1-2-3-4-5-6-9-16-22-18-14-12-17(13-15-18)19-10-7-8-11-20(19)21/h7-8,10-15,21H,2-6,9,16H2,1H3/q+1. The molecule has 0 aromatic heterocycles. The molecule has 2 heteroatoms. The van der Waals surface area contributed by atoms with E-state index in [0.29, 0.717) is 0 Å². The highest BCUT2D eigenvalue weighted by molar-refractivity contribution is 5.63. The predicted molar refractivity (Wildman–Crippen MR) is 90.8 cm³/mol. The average molecular weight is 409 g/mol. The van der Waals surface area contributed by atoms with Gasteiger partial charge in [0.05, 0.1) is 6.61 Å². The summed E-state index contributed by atoms with van der Waals surface area (Å²) in [6.45, 7) is 3.08. The maximum atomic E-state index is 5.83. The molecule has 0 N–H and O–H groups in total. The Bertz CT molecular complexity index is 548. The van der Waals surface area contributed by atoms with E-state index in [2.05, 4.69) is 78.0 Å². The molecule has 2 aromatic rings. The lowest BCUT2D eigenvalue weighted by Gasteiger charge is -2.07. The van der Waals surface area contributed by atoms with Crippen molar-refractivity contribution in [3.63, 3.8) is 0 Å². The topological polar surface area (TPSA) is 9.23 Å². The van der Waals surface area contributed by atoms with Gasteiger partial charge in [0.15, 0.2) is 3.57 Å². The second kappa shape index (κ2) is 9.88. The zero-order valence-corrected chi connectivity index (χ0v) is 15.7. The lowest BCUT2D eigenvalue weighted by Crippen LogP contribution is -3.34. The maximum Gasteiger partial charge on any atom is 0.297 e. The largest absolute Gasteiger partial charge is 0.494 e. The van der Waals surface area contributed by atoms with Crippen LogP contribution in [0.5, 0.6) is 5.75 Å². The number of benzene rings is 2. The van der Waals surface area contributed by atoms with Crippen LogP contribution in [0.4, 0.5) is 0 Å². The summed E-state index contributed by atoms with van der Waals surface area (Å²) in [5.41, 5.74) is 2.56. The summed E-state index contributed by atoms with van der Waals surface area (Å²) in [6, 6.07) is 17.0. The fourth-order valence-corrected chi connectivity index (χ4v) is 3.26. The first-order valence-corrected chi connectivity index (χ1v) is 9.47. The van der Waals surface area contributed by atoms with Crippen molar-refractivity contribution >= 4 is 0 Å². The molecule has 0 bridgehead atoms. The zero-order valence-electron chi connectivity index (χ0n) is 13.4. The number of hydrogen-bond acceptors (Lipinski definition) is 1. The number of rotatable bonds is 9. The molecule has 0 radical (unpaired) electrons. The highest BCUT2D eigenvalue weighted by Crippen LogP contribution is 2.22. The van der Waals surface area contributed by atoms with Crippen LogP contribution in [0.25, 0.3) is 11.1 Å². The molecule has 0 spiro atoms. The Morgan fingerprint density at radius 1 is 0.818 bits per heavy atom. The van der Waals surface area contributed by atoms with Gasteiger partial charge >= 0.3 is 0 Å². The fraction of sp³-hybridized carbons (Fsp3) is 0.400. The number of hydrogen-bond donors (Lipinski definition) is 0. The molecule has 0 atom stereocenters. The first kappa shape index (κ1) is 17.3. The Morgan fingerprint density at radius 2 is 1.50 bits per heavy atom. The molecule has 2 rings (SSSR count). The van der Waals surface area contributed by atoms with Gasteiger partial charge in [0.25, 0.3) is 22.6 Å². The summed E-state index contributed by atoms with van der Waals surface area (Å²) in [6.07, 6.45) is 7.81. The monoisotopic (exact) mass is 409 g/mol. The highest BCUT2D eigenvalue weighted by atomic mass is 127. The molecule has 0 unspecified atom stereocenters. The van der Waals surface area contributed by atoms with Gasteiger partial charge in [-0.1, -0.05) is 63.3 Å². The summed E-state index contributed by atoms with van der Waals surface area (Å²) in [5.74, 6) is 0.978. The quantitative estimate of drug-likeness (QED) is 0.457. The smallest absolute Gasteiger partial charge is 0.297 e. The molecule has 118 valence electrons. The van der Waals surface area contributed by atoms with E-state index in [-0.39, 0.29) is 0 Å². The van der Waals surface area contributed by atoms with Gasteiger partial charge in [-0.15, -0.1) is 0 Å². The molecule has 1 nitrogen and oxygen atoms in total.